The molecular weight excluding hydrogens is 222 g/mol. The zero-order valence-electron chi connectivity index (χ0n) is 9.62. The highest BCUT2D eigenvalue weighted by atomic mass is 16.4. The predicted octanol–water partition coefficient (Wildman–Crippen LogP) is 0.391. The summed E-state index contributed by atoms with van der Waals surface area (Å²) in [5.74, 6) is -0.790. The quantitative estimate of drug-likeness (QED) is 0.751. The van der Waals surface area contributed by atoms with Gasteiger partial charge in [-0.05, 0) is 31.6 Å². The van der Waals surface area contributed by atoms with Crippen LogP contribution in [0.2, 0.25) is 0 Å². The molecule has 17 heavy (non-hydrogen) atoms. The first-order chi connectivity index (χ1) is 7.99. The lowest BCUT2D eigenvalue weighted by Gasteiger charge is -2.33. The number of nitrogens with zero attached hydrogens (tertiary/aromatic N) is 3. The van der Waals surface area contributed by atoms with Gasteiger partial charge < -0.3 is 10.0 Å². The number of allylic oxidation sites excluding steroid dienone is 2. The number of carboxylic acids is 1. The molecule has 0 aromatic carbocycles. The molecule has 0 spiro atoms. The predicted molar refractivity (Wildman–Crippen MR) is 61.0 cm³/mol. The van der Waals surface area contributed by atoms with Crippen molar-refractivity contribution in [3.63, 3.8) is 0 Å². The molecule has 1 atom stereocenters. The third-order valence-corrected chi connectivity index (χ3v) is 2.66. The maximum absolute atomic E-state index is 11.7. The van der Waals surface area contributed by atoms with E-state index in [9.17, 15) is 9.59 Å². The molecule has 2 heterocycles. The fourth-order valence-electron chi connectivity index (χ4n) is 1.63. The van der Waals surface area contributed by atoms with Crippen molar-refractivity contribution >= 4 is 17.7 Å². The number of amides is 1. The molecule has 1 unspecified atom stereocenters. The fourth-order valence-corrected chi connectivity index (χ4v) is 1.63. The van der Waals surface area contributed by atoms with Crippen LogP contribution in [-0.4, -0.2) is 45.3 Å². The third-order valence-electron chi connectivity index (χ3n) is 2.66. The van der Waals surface area contributed by atoms with Crippen LogP contribution in [0.25, 0.3) is 0 Å². The first kappa shape index (κ1) is 11.4. The minimum Gasteiger partial charge on any atom is -0.480 e. The van der Waals surface area contributed by atoms with Crippen LogP contribution in [0, 0.1) is 0 Å². The zero-order chi connectivity index (χ0) is 12.6. The molecule has 2 rings (SSSR count). The summed E-state index contributed by atoms with van der Waals surface area (Å²) in [6.45, 7) is 3.48. The number of hydrazone groups is 1. The maximum Gasteiger partial charge on any atom is 0.328 e. The molecule has 0 saturated carbocycles. The van der Waals surface area contributed by atoms with Crippen LogP contribution in [0.5, 0.6) is 0 Å². The highest BCUT2D eigenvalue weighted by molar-refractivity contribution is 6.01. The number of carbonyl (C=O) groups excluding carboxylic acids is 1. The highest BCUT2D eigenvalue weighted by Gasteiger charge is 2.31. The van der Waals surface area contributed by atoms with Gasteiger partial charge in [-0.3, -0.25) is 4.79 Å². The van der Waals surface area contributed by atoms with Gasteiger partial charge in [-0.1, -0.05) is 0 Å². The molecule has 0 aliphatic carbocycles. The summed E-state index contributed by atoms with van der Waals surface area (Å²) in [5, 5.41) is 14.0. The van der Waals surface area contributed by atoms with Crippen molar-refractivity contribution in [3.8, 4) is 0 Å². The summed E-state index contributed by atoms with van der Waals surface area (Å²) in [5.41, 5.74) is 1.01. The number of hydrogen-bond acceptors (Lipinski definition) is 4. The molecule has 0 fully saturated rings. The van der Waals surface area contributed by atoms with Crippen molar-refractivity contribution in [1.29, 1.82) is 0 Å². The van der Waals surface area contributed by atoms with Gasteiger partial charge in [-0.15, -0.1) is 0 Å². The van der Waals surface area contributed by atoms with E-state index in [1.165, 1.54) is 6.92 Å². The number of amidine groups is 1. The Bertz CT molecular complexity index is 465. The van der Waals surface area contributed by atoms with Gasteiger partial charge in [-0.25, -0.2) is 9.80 Å². The van der Waals surface area contributed by atoms with Crippen LogP contribution in [0.15, 0.2) is 29.0 Å². The first-order valence-corrected chi connectivity index (χ1v) is 5.25. The van der Waals surface area contributed by atoms with Gasteiger partial charge in [0.25, 0.3) is 5.91 Å². The molecule has 1 N–H and O–H groups in total. The van der Waals surface area contributed by atoms with Crippen molar-refractivity contribution in [2.24, 2.45) is 5.10 Å². The minimum atomic E-state index is -1.07. The normalized spacial score (nSPS) is 20.7. The van der Waals surface area contributed by atoms with Crippen molar-refractivity contribution in [1.82, 2.24) is 9.91 Å². The Labute approximate surface area is 98.5 Å². The summed E-state index contributed by atoms with van der Waals surface area (Å²) in [7, 11) is 0. The van der Waals surface area contributed by atoms with E-state index < -0.39 is 12.0 Å². The molecule has 6 heteroatoms. The van der Waals surface area contributed by atoms with Gasteiger partial charge in [0.15, 0.2) is 5.84 Å². The summed E-state index contributed by atoms with van der Waals surface area (Å²) in [4.78, 5) is 24.3. The number of fused-ring (bicyclic) bond motifs is 1. The SMILES string of the molecule is CC1=CC2=NN(C(C)C(=O)O)C(=O)CN2C=C1. The van der Waals surface area contributed by atoms with E-state index in [1.807, 2.05) is 19.1 Å². The van der Waals surface area contributed by atoms with Crippen molar-refractivity contribution in [3.05, 3.63) is 23.9 Å². The second-order valence-electron chi connectivity index (χ2n) is 4.04. The molecule has 0 radical (unpaired) electrons. The highest BCUT2D eigenvalue weighted by Crippen LogP contribution is 2.16. The van der Waals surface area contributed by atoms with Crippen molar-refractivity contribution < 1.29 is 14.7 Å². The third kappa shape index (κ3) is 2.06. The monoisotopic (exact) mass is 235 g/mol. The van der Waals surface area contributed by atoms with Gasteiger partial charge >= 0.3 is 5.97 Å². The second kappa shape index (κ2) is 4.04. The lowest BCUT2D eigenvalue weighted by Crippen LogP contribution is -2.50. The summed E-state index contributed by atoms with van der Waals surface area (Å²) < 4.78 is 0. The fraction of sp³-hybridized carbons (Fsp3) is 0.364. The van der Waals surface area contributed by atoms with E-state index >= 15 is 0 Å². The molecule has 0 aromatic rings. The molecule has 1 amide bonds. The van der Waals surface area contributed by atoms with Crippen LogP contribution in [0.3, 0.4) is 0 Å². The van der Waals surface area contributed by atoms with E-state index in [-0.39, 0.29) is 12.5 Å². The van der Waals surface area contributed by atoms with E-state index in [2.05, 4.69) is 5.10 Å². The van der Waals surface area contributed by atoms with Crippen LogP contribution < -0.4 is 0 Å². The molecule has 2 aliphatic heterocycles. The molecule has 0 saturated heterocycles. The van der Waals surface area contributed by atoms with Crippen LogP contribution in [-0.2, 0) is 9.59 Å². The van der Waals surface area contributed by atoms with E-state index in [0.29, 0.717) is 5.84 Å². The lowest BCUT2D eigenvalue weighted by atomic mass is 10.2. The molecule has 2 aliphatic rings. The maximum atomic E-state index is 11.7. The minimum absolute atomic E-state index is 0.122. The average molecular weight is 235 g/mol. The molecule has 0 bridgehead atoms. The number of aliphatic carboxylic acids is 1. The molecular formula is C11H13N3O3. The summed E-state index contributed by atoms with van der Waals surface area (Å²) in [6.07, 6.45) is 5.46. The first-order valence-electron chi connectivity index (χ1n) is 5.25. The number of rotatable bonds is 2. The standard InChI is InChI=1S/C11H13N3O3/c1-7-3-4-13-6-10(15)14(8(2)11(16)17)12-9(13)5-7/h3-5,8H,6H2,1-2H3,(H,16,17). The summed E-state index contributed by atoms with van der Waals surface area (Å²) in [6, 6.07) is -0.947. The van der Waals surface area contributed by atoms with Crippen LogP contribution in [0.4, 0.5) is 0 Å². The van der Waals surface area contributed by atoms with E-state index in [1.54, 1.807) is 11.1 Å². The Morgan fingerprint density at radius 3 is 2.94 bits per heavy atom. The Hall–Kier alpha value is -2.11. The Balaban J connectivity index is 2.32. The van der Waals surface area contributed by atoms with Gasteiger partial charge in [0.2, 0.25) is 0 Å². The van der Waals surface area contributed by atoms with Gasteiger partial charge in [0.05, 0.1) is 0 Å². The van der Waals surface area contributed by atoms with Crippen molar-refractivity contribution in [2.45, 2.75) is 19.9 Å². The topological polar surface area (TPSA) is 73.2 Å². The van der Waals surface area contributed by atoms with Gasteiger partial charge in [0.1, 0.15) is 12.6 Å². The molecule has 0 aromatic heterocycles. The Morgan fingerprint density at radius 1 is 1.59 bits per heavy atom. The van der Waals surface area contributed by atoms with Crippen LogP contribution in [0.1, 0.15) is 13.8 Å². The number of carbonyl (C=O) groups is 2. The number of hydrogen-bond donors (Lipinski definition) is 1. The zero-order valence-corrected chi connectivity index (χ0v) is 9.62. The largest absolute Gasteiger partial charge is 0.480 e. The Morgan fingerprint density at radius 2 is 2.29 bits per heavy atom. The van der Waals surface area contributed by atoms with Gasteiger partial charge in [0, 0.05) is 6.20 Å². The van der Waals surface area contributed by atoms with E-state index in [4.69, 9.17) is 5.11 Å². The average Bonchev–Trinajstić information content (AvgIpc) is 2.27. The van der Waals surface area contributed by atoms with Crippen LogP contribution >= 0.6 is 0 Å². The number of carboxylic acid groups (broad SMARTS) is 1. The smallest absolute Gasteiger partial charge is 0.328 e. The molecule has 6 nitrogen and oxygen atoms in total. The Kier molecular flexibility index (Phi) is 2.71. The molecule has 90 valence electrons. The summed E-state index contributed by atoms with van der Waals surface area (Å²) >= 11 is 0. The second-order valence-corrected chi connectivity index (χ2v) is 4.04. The van der Waals surface area contributed by atoms with Gasteiger partial charge in [-0.2, -0.15) is 5.10 Å². The lowest BCUT2D eigenvalue weighted by molar-refractivity contribution is -0.150. The van der Waals surface area contributed by atoms with E-state index in [0.717, 1.165) is 10.6 Å². The van der Waals surface area contributed by atoms with Crippen molar-refractivity contribution in [2.75, 3.05) is 6.54 Å².